The van der Waals surface area contributed by atoms with Crippen molar-refractivity contribution >= 4 is 5.91 Å². The van der Waals surface area contributed by atoms with Crippen molar-refractivity contribution in [3.63, 3.8) is 0 Å². The highest BCUT2D eigenvalue weighted by Gasteiger charge is 2.41. The van der Waals surface area contributed by atoms with Gasteiger partial charge in [0.05, 0.1) is 18.1 Å². The Hall–Kier alpha value is -0.610. The highest BCUT2D eigenvalue weighted by Crippen LogP contribution is 2.32. The van der Waals surface area contributed by atoms with Crippen LogP contribution in [0, 0.1) is 11.8 Å². The van der Waals surface area contributed by atoms with Gasteiger partial charge in [0, 0.05) is 12.6 Å². The minimum absolute atomic E-state index is 0.0107. The molecule has 104 valence electrons. The van der Waals surface area contributed by atoms with Crippen molar-refractivity contribution in [3.8, 4) is 0 Å². The lowest BCUT2D eigenvalue weighted by Crippen LogP contribution is -2.39. The number of amides is 1. The van der Waals surface area contributed by atoms with Gasteiger partial charge in [-0.15, -0.1) is 0 Å². The van der Waals surface area contributed by atoms with Crippen LogP contribution in [0.5, 0.6) is 0 Å². The number of ether oxygens (including phenoxy) is 1. The fourth-order valence-corrected chi connectivity index (χ4v) is 3.21. The molecule has 2 N–H and O–H groups in total. The first-order valence-electron chi connectivity index (χ1n) is 7.26. The summed E-state index contributed by atoms with van der Waals surface area (Å²) in [5.74, 6) is 0.485. The molecule has 0 radical (unpaired) electrons. The van der Waals surface area contributed by atoms with Crippen LogP contribution in [-0.2, 0) is 9.53 Å². The molecule has 5 unspecified atom stereocenters. The molecule has 2 fully saturated rings. The average molecular weight is 254 g/mol. The lowest BCUT2D eigenvalue weighted by Gasteiger charge is -2.18. The predicted octanol–water partition coefficient (Wildman–Crippen LogP) is 1.30. The molecule has 0 aromatic heterocycles. The van der Waals surface area contributed by atoms with E-state index in [-0.39, 0.29) is 24.0 Å². The zero-order valence-corrected chi connectivity index (χ0v) is 11.7. The van der Waals surface area contributed by atoms with Crippen molar-refractivity contribution in [1.29, 1.82) is 0 Å². The summed E-state index contributed by atoms with van der Waals surface area (Å²) in [5, 5.41) is 6.52. The van der Waals surface area contributed by atoms with Gasteiger partial charge >= 0.3 is 0 Å². The molecule has 2 saturated heterocycles. The fourth-order valence-electron chi connectivity index (χ4n) is 3.21. The molecule has 0 bridgehead atoms. The fraction of sp³-hybridized carbons (Fsp3) is 0.929. The Labute approximate surface area is 110 Å². The van der Waals surface area contributed by atoms with Gasteiger partial charge in [-0.3, -0.25) is 4.79 Å². The van der Waals surface area contributed by atoms with E-state index in [2.05, 4.69) is 24.5 Å². The third-order valence-electron chi connectivity index (χ3n) is 4.50. The van der Waals surface area contributed by atoms with Crippen molar-refractivity contribution in [1.82, 2.24) is 10.6 Å². The van der Waals surface area contributed by atoms with Crippen LogP contribution in [0.2, 0.25) is 0 Å². The summed E-state index contributed by atoms with van der Waals surface area (Å²) in [4.78, 5) is 12.2. The molecule has 2 aliphatic rings. The zero-order chi connectivity index (χ0) is 13.1. The van der Waals surface area contributed by atoms with E-state index in [1.807, 2.05) is 6.92 Å². The van der Waals surface area contributed by atoms with Crippen molar-refractivity contribution < 1.29 is 9.53 Å². The van der Waals surface area contributed by atoms with Crippen molar-refractivity contribution in [3.05, 3.63) is 0 Å². The molecule has 0 aromatic rings. The minimum Gasteiger partial charge on any atom is -0.374 e. The van der Waals surface area contributed by atoms with E-state index in [0.29, 0.717) is 12.0 Å². The molecule has 0 aromatic carbocycles. The van der Waals surface area contributed by atoms with Gasteiger partial charge in [0.2, 0.25) is 5.91 Å². The Morgan fingerprint density at radius 1 is 1.33 bits per heavy atom. The Balaban J connectivity index is 1.73. The molecule has 4 nitrogen and oxygen atoms in total. The third-order valence-corrected chi connectivity index (χ3v) is 4.50. The summed E-state index contributed by atoms with van der Waals surface area (Å²) in [6.07, 6.45) is 3.77. The maximum absolute atomic E-state index is 12.2. The van der Waals surface area contributed by atoms with Gasteiger partial charge in [0.15, 0.2) is 0 Å². The normalized spacial score (nSPS) is 40.1. The van der Waals surface area contributed by atoms with E-state index in [1.54, 1.807) is 0 Å². The van der Waals surface area contributed by atoms with Gasteiger partial charge in [-0.25, -0.2) is 0 Å². The van der Waals surface area contributed by atoms with Gasteiger partial charge in [-0.2, -0.15) is 0 Å². The van der Waals surface area contributed by atoms with E-state index < -0.39 is 0 Å². The number of hydrogen-bond acceptors (Lipinski definition) is 3. The van der Waals surface area contributed by atoms with Crippen LogP contribution in [-0.4, -0.2) is 37.2 Å². The summed E-state index contributed by atoms with van der Waals surface area (Å²) in [6, 6.07) is 0.596. The van der Waals surface area contributed by atoms with Crippen LogP contribution in [0.3, 0.4) is 0 Å². The summed E-state index contributed by atoms with van der Waals surface area (Å²) in [6.45, 7) is 8.07. The van der Waals surface area contributed by atoms with E-state index >= 15 is 0 Å². The summed E-state index contributed by atoms with van der Waals surface area (Å²) in [5.41, 5.74) is 0. The van der Waals surface area contributed by atoms with Gasteiger partial charge in [-0.1, -0.05) is 6.92 Å². The molecule has 0 spiro atoms. The van der Waals surface area contributed by atoms with E-state index in [1.165, 1.54) is 12.8 Å². The van der Waals surface area contributed by atoms with Crippen molar-refractivity contribution in [2.75, 3.05) is 13.1 Å². The maximum Gasteiger partial charge on any atom is 0.226 e. The largest absolute Gasteiger partial charge is 0.374 e. The standard InChI is InChI=1S/C14H26N2O2/c1-9-10(2)18-11(3)13(9)14(17)16-8-6-12-5-4-7-15-12/h9-13,15H,4-8H2,1-3H3,(H,16,17). The van der Waals surface area contributed by atoms with Gasteiger partial charge in [0.1, 0.15) is 0 Å². The molecule has 0 aliphatic carbocycles. The van der Waals surface area contributed by atoms with Crippen LogP contribution in [0.15, 0.2) is 0 Å². The molecule has 18 heavy (non-hydrogen) atoms. The quantitative estimate of drug-likeness (QED) is 0.795. The maximum atomic E-state index is 12.2. The highest BCUT2D eigenvalue weighted by molar-refractivity contribution is 5.79. The van der Waals surface area contributed by atoms with E-state index in [9.17, 15) is 4.79 Å². The first-order valence-corrected chi connectivity index (χ1v) is 7.26. The second-order valence-corrected chi connectivity index (χ2v) is 5.80. The van der Waals surface area contributed by atoms with Gasteiger partial charge in [-0.05, 0) is 45.6 Å². The number of rotatable bonds is 4. The van der Waals surface area contributed by atoms with Crippen LogP contribution in [0.4, 0.5) is 0 Å². The second kappa shape index (κ2) is 6.02. The number of hydrogen-bond donors (Lipinski definition) is 2. The first-order chi connectivity index (χ1) is 8.59. The number of carbonyl (C=O) groups is 1. The summed E-state index contributed by atoms with van der Waals surface area (Å²) >= 11 is 0. The Morgan fingerprint density at radius 2 is 2.11 bits per heavy atom. The van der Waals surface area contributed by atoms with E-state index in [4.69, 9.17) is 4.74 Å². The Kier molecular flexibility index (Phi) is 4.62. The van der Waals surface area contributed by atoms with Crippen molar-refractivity contribution in [2.24, 2.45) is 11.8 Å². The van der Waals surface area contributed by atoms with Crippen LogP contribution < -0.4 is 10.6 Å². The monoisotopic (exact) mass is 254 g/mol. The minimum atomic E-state index is 0.0107. The first kappa shape index (κ1) is 13.8. The second-order valence-electron chi connectivity index (χ2n) is 5.80. The van der Waals surface area contributed by atoms with Crippen LogP contribution in [0.25, 0.3) is 0 Å². The lowest BCUT2D eigenvalue weighted by molar-refractivity contribution is -0.127. The molecular formula is C14H26N2O2. The topological polar surface area (TPSA) is 50.4 Å². The Morgan fingerprint density at radius 3 is 2.67 bits per heavy atom. The molecule has 5 atom stereocenters. The lowest BCUT2D eigenvalue weighted by atomic mass is 9.89. The molecule has 1 amide bonds. The number of carbonyl (C=O) groups excluding carboxylic acids is 1. The smallest absolute Gasteiger partial charge is 0.226 e. The summed E-state index contributed by atoms with van der Waals surface area (Å²) < 4.78 is 5.71. The SMILES string of the molecule is CC1OC(C)C(C(=O)NCCC2CCCN2)C1C. The average Bonchev–Trinajstić information content (AvgIpc) is 2.89. The molecular weight excluding hydrogens is 228 g/mol. The van der Waals surface area contributed by atoms with Gasteiger partial charge in [0.25, 0.3) is 0 Å². The summed E-state index contributed by atoms with van der Waals surface area (Å²) in [7, 11) is 0. The third kappa shape index (κ3) is 3.04. The van der Waals surface area contributed by atoms with Crippen LogP contribution >= 0.6 is 0 Å². The highest BCUT2D eigenvalue weighted by atomic mass is 16.5. The molecule has 2 aliphatic heterocycles. The predicted molar refractivity (Wildman–Crippen MR) is 71.3 cm³/mol. The molecule has 0 saturated carbocycles. The molecule has 2 heterocycles. The molecule has 4 heteroatoms. The van der Waals surface area contributed by atoms with Crippen molar-refractivity contribution in [2.45, 2.75) is 58.3 Å². The van der Waals surface area contributed by atoms with Gasteiger partial charge < -0.3 is 15.4 Å². The molecule has 2 rings (SSSR count). The Bertz CT molecular complexity index is 290. The van der Waals surface area contributed by atoms with E-state index in [0.717, 1.165) is 19.5 Å². The van der Waals surface area contributed by atoms with Crippen LogP contribution in [0.1, 0.15) is 40.0 Å². The number of nitrogens with one attached hydrogen (secondary N) is 2. The zero-order valence-electron chi connectivity index (χ0n) is 11.7.